The molecule has 2 aromatic carbocycles. The SMILES string of the molecule is O=C(O)CCC(NC(=O)CCCCCN1C(=O)C=CC1=O)C(=O)OCC1c2ccccc2-c2ccccc21. The Balaban J connectivity index is 1.28. The second-order valence-corrected chi connectivity index (χ2v) is 9.38. The van der Waals surface area contributed by atoms with Gasteiger partial charge >= 0.3 is 11.9 Å². The largest absolute Gasteiger partial charge is 0.481 e. The van der Waals surface area contributed by atoms with E-state index >= 15 is 0 Å². The summed E-state index contributed by atoms with van der Waals surface area (Å²) in [4.78, 5) is 60.9. The molecular formula is C29H30N2O7. The topological polar surface area (TPSA) is 130 Å². The molecule has 9 nitrogen and oxygen atoms in total. The molecule has 1 aliphatic heterocycles. The highest BCUT2D eigenvalue weighted by atomic mass is 16.5. The lowest BCUT2D eigenvalue weighted by atomic mass is 9.98. The number of unbranched alkanes of at least 4 members (excludes halogenated alkanes) is 2. The molecule has 0 spiro atoms. The average Bonchev–Trinajstić information content (AvgIpc) is 3.40. The fourth-order valence-electron chi connectivity index (χ4n) is 4.87. The number of hydrogen-bond donors (Lipinski definition) is 2. The number of carbonyl (C=O) groups is 5. The second kappa shape index (κ2) is 12.3. The summed E-state index contributed by atoms with van der Waals surface area (Å²) < 4.78 is 5.63. The number of amides is 3. The van der Waals surface area contributed by atoms with E-state index in [9.17, 15) is 24.0 Å². The van der Waals surface area contributed by atoms with E-state index in [4.69, 9.17) is 9.84 Å². The van der Waals surface area contributed by atoms with Crippen molar-refractivity contribution in [1.29, 1.82) is 0 Å². The van der Waals surface area contributed by atoms with Crippen molar-refractivity contribution in [3.05, 3.63) is 71.8 Å². The number of hydrogen-bond acceptors (Lipinski definition) is 6. The summed E-state index contributed by atoms with van der Waals surface area (Å²) in [6, 6.07) is 14.8. The first-order valence-electron chi connectivity index (χ1n) is 12.7. The maximum absolute atomic E-state index is 13.0. The van der Waals surface area contributed by atoms with Gasteiger partial charge in [0.2, 0.25) is 5.91 Å². The lowest BCUT2D eigenvalue weighted by Gasteiger charge is -2.20. The Kier molecular flexibility index (Phi) is 8.68. The van der Waals surface area contributed by atoms with Gasteiger partial charge in [-0.1, -0.05) is 55.0 Å². The van der Waals surface area contributed by atoms with E-state index in [1.54, 1.807) is 0 Å². The summed E-state index contributed by atoms with van der Waals surface area (Å²) in [5.74, 6) is -2.94. The molecule has 1 unspecified atom stereocenters. The molecule has 1 aliphatic carbocycles. The van der Waals surface area contributed by atoms with Crippen LogP contribution in [0.15, 0.2) is 60.7 Å². The molecule has 0 bridgehead atoms. The Labute approximate surface area is 220 Å². The Morgan fingerprint density at radius 1 is 0.868 bits per heavy atom. The average molecular weight is 519 g/mol. The van der Waals surface area contributed by atoms with Crippen molar-refractivity contribution in [2.24, 2.45) is 0 Å². The second-order valence-electron chi connectivity index (χ2n) is 9.38. The standard InChI is InChI=1S/C29H30N2O7/c32-25(12-2-1-7-17-31-26(33)14-15-27(31)34)30-24(13-16-28(35)36)29(37)38-18-23-21-10-5-3-8-19(21)20-9-4-6-11-22(20)23/h3-6,8-11,14-15,23-24H,1-2,7,12-13,16-18H2,(H,30,32)(H,35,36). The summed E-state index contributed by atoms with van der Waals surface area (Å²) in [5, 5.41) is 11.7. The number of carbonyl (C=O) groups excluding carboxylic acids is 4. The third-order valence-corrected chi connectivity index (χ3v) is 6.81. The van der Waals surface area contributed by atoms with Crippen LogP contribution in [0.3, 0.4) is 0 Å². The van der Waals surface area contributed by atoms with E-state index in [-0.39, 0.29) is 56.1 Å². The van der Waals surface area contributed by atoms with Crippen LogP contribution in [0.5, 0.6) is 0 Å². The number of carboxylic acid groups (broad SMARTS) is 1. The van der Waals surface area contributed by atoms with Crippen molar-refractivity contribution in [3.63, 3.8) is 0 Å². The van der Waals surface area contributed by atoms with Gasteiger partial charge in [-0.05, 0) is 41.5 Å². The first kappa shape index (κ1) is 26.8. The molecule has 2 aromatic rings. The number of rotatable bonds is 13. The molecule has 4 rings (SSSR count). The van der Waals surface area contributed by atoms with Crippen LogP contribution in [-0.4, -0.2) is 58.9 Å². The lowest BCUT2D eigenvalue weighted by Crippen LogP contribution is -2.42. The van der Waals surface area contributed by atoms with Gasteiger partial charge in [0, 0.05) is 37.5 Å². The van der Waals surface area contributed by atoms with Gasteiger partial charge in [0.1, 0.15) is 12.6 Å². The highest BCUT2D eigenvalue weighted by molar-refractivity contribution is 6.12. The molecule has 9 heteroatoms. The van der Waals surface area contributed by atoms with Crippen molar-refractivity contribution in [1.82, 2.24) is 10.2 Å². The zero-order valence-electron chi connectivity index (χ0n) is 20.9. The quantitative estimate of drug-likeness (QED) is 0.237. The van der Waals surface area contributed by atoms with Gasteiger partial charge in [-0.25, -0.2) is 4.79 Å². The van der Waals surface area contributed by atoms with Crippen molar-refractivity contribution in [2.75, 3.05) is 13.2 Å². The summed E-state index contributed by atoms with van der Waals surface area (Å²) in [6.07, 6.45) is 3.88. The number of nitrogens with zero attached hydrogens (tertiary/aromatic N) is 1. The number of nitrogens with one attached hydrogen (secondary N) is 1. The normalized spacial score (nSPS) is 14.8. The van der Waals surface area contributed by atoms with Crippen molar-refractivity contribution in [3.8, 4) is 11.1 Å². The zero-order chi connectivity index (χ0) is 27.1. The first-order valence-corrected chi connectivity index (χ1v) is 12.7. The Morgan fingerprint density at radius 2 is 1.47 bits per heavy atom. The maximum Gasteiger partial charge on any atom is 0.328 e. The fourth-order valence-corrected chi connectivity index (χ4v) is 4.87. The zero-order valence-corrected chi connectivity index (χ0v) is 20.9. The van der Waals surface area contributed by atoms with Crippen LogP contribution in [0, 0.1) is 0 Å². The molecule has 3 amide bonds. The van der Waals surface area contributed by atoms with Gasteiger partial charge in [0.05, 0.1) is 0 Å². The van der Waals surface area contributed by atoms with Crippen molar-refractivity contribution < 1.29 is 33.8 Å². The van der Waals surface area contributed by atoms with Gasteiger partial charge in [-0.2, -0.15) is 0 Å². The molecule has 0 radical (unpaired) electrons. The van der Waals surface area contributed by atoms with E-state index in [2.05, 4.69) is 5.32 Å². The van der Waals surface area contributed by atoms with Crippen molar-refractivity contribution in [2.45, 2.75) is 50.5 Å². The minimum Gasteiger partial charge on any atom is -0.481 e. The smallest absolute Gasteiger partial charge is 0.328 e. The molecule has 1 heterocycles. The molecule has 0 fully saturated rings. The van der Waals surface area contributed by atoms with E-state index in [1.165, 1.54) is 12.2 Å². The molecular weight excluding hydrogens is 488 g/mol. The Bertz CT molecular complexity index is 1210. The van der Waals surface area contributed by atoms with Crippen molar-refractivity contribution >= 4 is 29.7 Å². The molecule has 2 N–H and O–H groups in total. The van der Waals surface area contributed by atoms with Crippen LogP contribution < -0.4 is 5.32 Å². The predicted molar refractivity (Wildman–Crippen MR) is 138 cm³/mol. The van der Waals surface area contributed by atoms with Crippen LogP contribution in [-0.2, 0) is 28.7 Å². The lowest BCUT2D eigenvalue weighted by molar-refractivity contribution is -0.149. The number of ether oxygens (including phenoxy) is 1. The van der Waals surface area contributed by atoms with Gasteiger partial charge in [-0.3, -0.25) is 24.1 Å². The molecule has 198 valence electrons. The summed E-state index contributed by atoms with van der Waals surface area (Å²) in [5.41, 5.74) is 4.30. The third-order valence-electron chi connectivity index (χ3n) is 6.81. The first-order chi connectivity index (χ1) is 18.3. The fraction of sp³-hybridized carbons (Fsp3) is 0.345. The van der Waals surface area contributed by atoms with E-state index in [0.717, 1.165) is 27.2 Å². The molecule has 0 saturated heterocycles. The number of carboxylic acids is 1. The maximum atomic E-state index is 13.0. The van der Waals surface area contributed by atoms with Crippen LogP contribution in [0.1, 0.15) is 55.6 Å². The van der Waals surface area contributed by atoms with Crippen LogP contribution >= 0.6 is 0 Å². The van der Waals surface area contributed by atoms with E-state index in [1.807, 2.05) is 48.5 Å². The summed E-state index contributed by atoms with van der Waals surface area (Å²) in [6.45, 7) is 0.363. The minimum absolute atomic E-state index is 0.0785. The number of aliphatic carboxylic acids is 1. The Hall–Kier alpha value is -4.27. The third kappa shape index (κ3) is 6.34. The number of esters is 1. The monoisotopic (exact) mass is 518 g/mol. The number of fused-ring (bicyclic) bond motifs is 3. The van der Waals surface area contributed by atoms with E-state index < -0.39 is 18.0 Å². The van der Waals surface area contributed by atoms with Crippen LogP contribution in [0.25, 0.3) is 11.1 Å². The van der Waals surface area contributed by atoms with Gasteiger partial charge in [0.15, 0.2) is 0 Å². The van der Waals surface area contributed by atoms with Crippen LogP contribution in [0.4, 0.5) is 0 Å². The summed E-state index contributed by atoms with van der Waals surface area (Å²) >= 11 is 0. The summed E-state index contributed by atoms with van der Waals surface area (Å²) in [7, 11) is 0. The molecule has 0 aromatic heterocycles. The number of imide groups is 1. The minimum atomic E-state index is -1.07. The van der Waals surface area contributed by atoms with Gasteiger partial charge < -0.3 is 15.2 Å². The van der Waals surface area contributed by atoms with Crippen LogP contribution in [0.2, 0.25) is 0 Å². The molecule has 1 atom stereocenters. The number of benzene rings is 2. The van der Waals surface area contributed by atoms with Gasteiger partial charge in [-0.15, -0.1) is 0 Å². The molecule has 0 saturated carbocycles. The van der Waals surface area contributed by atoms with E-state index in [0.29, 0.717) is 19.3 Å². The van der Waals surface area contributed by atoms with Gasteiger partial charge in [0.25, 0.3) is 11.8 Å². The highest BCUT2D eigenvalue weighted by Crippen LogP contribution is 2.44. The molecule has 2 aliphatic rings. The Morgan fingerprint density at radius 3 is 2.08 bits per heavy atom. The predicted octanol–water partition coefficient (Wildman–Crippen LogP) is 3.18. The highest BCUT2D eigenvalue weighted by Gasteiger charge is 2.31. The molecule has 38 heavy (non-hydrogen) atoms.